The van der Waals surface area contributed by atoms with Crippen molar-refractivity contribution in [2.45, 2.75) is 0 Å². The van der Waals surface area contributed by atoms with E-state index in [9.17, 15) is 4.79 Å². The number of pyridine rings is 1. The lowest BCUT2D eigenvalue weighted by atomic mass is 10.3. The molecule has 7 heteroatoms. The number of aromatic nitrogens is 3. The third kappa shape index (κ3) is 3.21. The van der Waals surface area contributed by atoms with Crippen molar-refractivity contribution in [2.24, 2.45) is 5.10 Å². The Hall–Kier alpha value is -2.80. The third-order valence-electron chi connectivity index (χ3n) is 2.68. The summed E-state index contributed by atoms with van der Waals surface area (Å²) in [6.45, 7) is 0. The second kappa shape index (κ2) is 6.10. The zero-order valence-electron chi connectivity index (χ0n) is 10.9. The maximum atomic E-state index is 11.9. The Labute approximate surface area is 124 Å². The van der Waals surface area contributed by atoms with Crippen LogP contribution < -0.4 is 5.43 Å². The van der Waals surface area contributed by atoms with Crippen molar-refractivity contribution >= 4 is 23.5 Å². The summed E-state index contributed by atoms with van der Waals surface area (Å²) in [5.74, 6) is -0.362. The molecule has 0 radical (unpaired) electrons. The number of rotatable bonds is 4. The zero-order valence-corrected chi connectivity index (χ0v) is 11.7. The number of hydrogen-bond acceptors (Lipinski definition) is 5. The standard InChI is InChI=1S/C14H11N5OS/c20-14(19-16-9-10-3-5-15-6-4-10)12-8-11(17-18-12)13-2-1-7-21-13/h1-9H,(H,17,18)(H,19,20). The van der Waals surface area contributed by atoms with Gasteiger partial charge in [0.25, 0.3) is 5.91 Å². The van der Waals surface area contributed by atoms with Crippen LogP contribution in [-0.4, -0.2) is 27.3 Å². The van der Waals surface area contributed by atoms with Gasteiger partial charge >= 0.3 is 0 Å². The fourth-order valence-electron chi connectivity index (χ4n) is 1.67. The van der Waals surface area contributed by atoms with Crippen molar-refractivity contribution < 1.29 is 4.79 Å². The highest BCUT2D eigenvalue weighted by molar-refractivity contribution is 7.13. The van der Waals surface area contributed by atoms with Gasteiger partial charge in [-0.3, -0.25) is 14.9 Å². The average molecular weight is 297 g/mol. The van der Waals surface area contributed by atoms with Crippen molar-refractivity contribution in [2.75, 3.05) is 0 Å². The van der Waals surface area contributed by atoms with Gasteiger partial charge in [0.15, 0.2) is 5.69 Å². The van der Waals surface area contributed by atoms with E-state index in [1.165, 1.54) is 0 Å². The van der Waals surface area contributed by atoms with Crippen molar-refractivity contribution in [1.29, 1.82) is 0 Å². The van der Waals surface area contributed by atoms with Crippen LogP contribution in [-0.2, 0) is 0 Å². The molecule has 0 aliphatic heterocycles. The number of amides is 1. The normalized spacial score (nSPS) is 10.9. The van der Waals surface area contributed by atoms with E-state index < -0.39 is 0 Å². The van der Waals surface area contributed by atoms with Crippen LogP contribution in [0, 0.1) is 0 Å². The number of carbonyl (C=O) groups excluding carboxylic acids is 1. The summed E-state index contributed by atoms with van der Waals surface area (Å²) in [4.78, 5) is 16.8. The lowest BCUT2D eigenvalue weighted by Crippen LogP contribution is -2.17. The Morgan fingerprint density at radius 3 is 2.95 bits per heavy atom. The number of nitrogens with one attached hydrogen (secondary N) is 2. The summed E-state index contributed by atoms with van der Waals surface area (Å²) >= 11 is 1.58. The second-order valence-electron chi connectivity index (χ2n) is 4.12. The molecule has 0 saturated heterocycles. The minimum absolute atomic E-state index is 0.297. The lowest BCUT2D eigenvalue weighted by molar-refractivity contribution is 0.0950. The van der Waals surface area contributed by atoms with Crippen LogP contribution in [0.1, 0.15) is 16.1 Å². The molecule has 0 aliphatic carbocycles. The molecule has 0 aliphatic rings. The fraction of sp³-hybridized carbons (Fsp3) is 0. The maximum Gasteiger partial charge on any atom is 0.291 e. The molecule has 3 rings (SSSR count). The van der Waals surface area contributed by atoms with Crippen LogP contribution in [0.25, 0.3) is 10.6 Å². The van der Waals surface area contributed by atoms with Gasteiger partial charge in [0.2, 0.25) is 0 Å². The largest absolute Gasteiger partial charge is 0.291 e. The molecule has 0 unspecified atom stereocenters. The van der Waals surface area contributed by atoms with Gasteiger partial charge < -0.3 is 0 Å². The van der Waals surface area contributed by atoms with Gasteiger partial charge in [0.1, 0.15) is 0 Å². The third-order valence-corrected chi connectivity index (χ3v) is 3.59. The summed E-state index contributed by atoms with van der Waals surface area (Å²) in [6.07, 6.45) is 4.86. The van der Waals surface area contributed by atoms with Crippen LogP contribution in [0.5, 0.6) is 0 Å². The molecule has 2 N–H and O–H groups in total. The summed E-state index contributed by atoms with van der Waals surface area (Å²) < 4.78 is 0. The number of carbonyl (C=O) groups is 1. The number of aromatic amines is 1. The van der Waals surface area contributed by atoms with E-state index >= 15 is 0 Å². The van der Waals surface area contributed by atoms with E-state index in [-0.39, 0.29) is 5.91 Å². The highest BCUT2D eigenvalue weighted by atomic mass is 32.1. The molecule has 6 nitrogen and oxygen atoms in total. The quantitative estimate of drug-likeness (QED) is 0.572. The number of hydrazone groups is 1. The SMILES string of the molecule is O=C(NN=Cc1ccncc1)c1cc(-c2cccs2)[nH]n1. The molecule has 3 aromatic rings. The predicted octanol–water partition coefficient (Wildman–Crippen LogP) is 2.30. The van der Waals surface area contributed by atoms with Gasteiger partial charge in [0, 0.05) is 12.4 Å². The highest BCUT2D eigenvalue weighted by Crippen LogP contribution is 2.22. The van der Waals surface area contributed by atoms with Crippen molar-refractivity contribution in [3.05, 3.63) is 59.4 Å². The van der Waals surface area contributed by atoms with E-state index in [0.29, 0.717) is 5.69 Å². The van der Waals surface area contributed by atoms with Crippen LogP contribution in [0.15, 0.2) is 53.2 Å². The van der Waals surface area contributed by atoms with Crippen LogP contribution in [0.2, 0.25) is 0 Å². The predicted molar refractivity (Wildman–Crippen MR) is 81.2 cm³/mol. The van der Waals surface area contributed by atoms with E-state index in [1.807, 2.05) is 17.5 Å². The molecule has 0 spiro atoms. The first kappa shape index (κ1) is 13.2. The van der Waals surface area contributed by atoms with E-state index in [4.69, 9.17) is 0 Å². The van der Waals surface area contributed by atoms with Gasteiger partial charge in [-0.15, -0.1) is 11.3 Å². The molecule has 0 atom stereocenters. The van der Waals surface area contributed by atoms with Gasteiger partial charge in [-0.1, -0.05) is 6.07 Å². The molecule has 0 fully saturated rings. The fourth-order valence-corrected chi connectivity index (χ4v) is 2.36. The Kier molecular flexibility index (Phi) is 3.83. The van der Waals surface area contributed by atoms with Crippen LogP contribution >= 0.6 is 11.3 Å². The molecule has 3 aromatic heterocycles. The molecule has 0 aromatic carbocycles. The van der Waals surface area contributed by atoms with Crippen LogP contribution in [0.3, 0.4) is 0 Å². The first-order valence-corrected chi connectivity index (χ1v) is 7.03. The van der Waals surface area contributed by atoms with Gasteiger partial charge in [0.05, 0.1) is 16.8 Å². The first-order chi connectivity index (χ1) is 10.3. The Morgan fingerprint density at radius 1 is 1.33 bits per heavy atom. The van der Waals surface area contributed by atoms with E-state index in [2.05, 4.69) is 25.7 Å². The van der Waals surface area contributed by atoms with Gasteiger partial charge in [-0.2, -0.15) is 10.2 Å². The van der Waals surface area contributed by atoms with Crippen molar-refractivity contribution in [3.63, 3.8) is 0 Å². The Morgan fingerprint density at radius 2 is 2.19 bits per heavy atom. The van der Waals surface area contributed by atoms with E-state index in [0.717, 1.165) is 16.1 Å². The van der Waals surface area contributed by atoms with E-state index in [1.54, 1.807) is 48.1 Å². The molecular weight excluding hydrogens is 286 g/mol. The van der Waals surface area contributed by atoms with Crippen molar-refractivity contribution in [1.82, 2.24) is 20.6 Å². The molecular formula is C14H11N5OS. The lowest BCUT2D eigenvalue weighted by Gasteiger charge is -1.94. The van der Waals surface area contributed by atoms with Gasteiger partial charge in [-0.05, 0) is 35.2 Å². The number of H-pyrrole nitrogens is 1. The minimum atomic E-state index is -0.362. The monoisotopic (exact) mass is 297 g/mol. The topological polar surface area (TPSA) is 83.0 Å². The summed E-state index contributed by atoms with van der Waals surface area (Å²) in [5.41, 5.74) is 4.40. The Balaban J connectivity index is 1.65. The molecule has 0 bridgehead atoms. The molecule has 21 heavy (non-hydrogen) atoms. The zero-order chi connectivity index (χ0) is 14.5. The van der Waals surface area contributed by atoms with Crippen molar-refractivity contribution in [3.8, 4) is 10.6 Å². The number of hydrogen-bond donors (Lipinski definition) is 2. The summed E-state index contributed by atoms with van der Waals surface area (Å²) in [6, 6.07) is 9.18. The van der Waals surface area contributed by atoms with Crippen LogP contribution in [0.4, 0.5) is 0 Å². The minimum Gasteiger partial charge on any atom is -0.276 e. The highest BCUT2D eigenvalue weighted by Gasteiger charge is 2.10. The molecule has 0 saturated carbocycles. The average Bonchev–Trinajstić information content (AvgIpc) is 3.19. The number of thiophene rings is 1. The summed E-state index contributed by atoms with van der Waals surface area (Å²) in [5, 5.41) is 12.7. The molecule has 3 heterocycles. The maximum absolute atomic E-state index is 11.9. The second-order valence-corrected chi connectivity index (χ2v) is 5.07. The smallest absolute Gasteiger partial charge is 0.276 e. The Bertz CT molecular complexity index is 749. The number of nitrogens with zero attached hydrogens (tertiary/aromatic N) is 3. The summed E-state index contributed by atoms with van der Waals surface area (Å²) in [7, 11) is 0. The van der Waals surface area contributed by atoms with Gasteiger partial charge in [-0.25, -0.2) is 5.43 Å². The molecule has 104 valence electrons. The first-order valence-electron chi connectivity index (χ1n) is 6.15. The molecule has 1 amide bonds.